The maximum Gasteiger partial charge on any atom is 0.160 e. The zero-order valence-electron chi connectivity index (χ0n) is 8.81. The standard InChI is InChI=1S/C12H14N2S/c1-9-3-2-4-10(7-9)11-8-14-6-5-13-12(14)15-11/h2-4,7,11H,5-6,8H2,1H3. The molecule has 3 rings (SSSR count). The van der Waals surface area contributed by atoms with Crippen LogP contribution in [-0.4, -0.2) is 29.7 Å². The number of thioether (sulfide) groups is 1. The van der Waals surface area contributed by atoms with Crippen molar-refractivity contribution < 1.29 is 0 Å². The van der Waals surface area contributed by atoms with Gasteiger partial charge in [0.05, 0.1) is 11.8 Å². The van der Waals surface area contributed by atoms with Crippen molar-refractivity contribution in [2.24, 2.45) is 4.99 Å². The molecule has 3 heteroatoms. The van der Waals surface area contributed by atoms with Crippen LogP contribution in [0.5, 0.6) is 0 Å². The summed E-state index contributed by atoms with van der Waals surface area (Å²) < 4.78 is 0. The molecule has 0 N–H and O–H groups in total. The van der Waals surface area contributed by atoms with Crippen LogP contribution >= 0.6 is 11.8 Å². The lowest BCUT2D eigenvalue weighted by atomic mass is 10.1. The van der Waals surface area contributed by atoms with Crippen molar-refractivity contribution in [3.8, 4) is 0 Å². The van der Waals surface area contributed by atoms with Crippen molar-refractivity contribution in [2.45, 2.75) is 12.2 Å². The Balaban J connectivity index is 1.85. The normalized spacial score (nSPS) is 24.2. The Kier molecular flexibility index (Phi) is 2.20. The van der Waals surface area contributed by atoms with Gasteiger partial charge in [-0.2, -0.15) is 0 Å². The van der Waals surface area contributed by atoms with E-state index in [1.54, 1.807) is 0 Å². The van der Waals surface area contributed by atoms with Gasteiger partial charge >= 0.3 is 0 Å². The molecule has 1 aromatic carbocycles. The first-order chi connectivity index (χ1) is 7.33. The Morgan fingerprint density at radius 2 is 2.40 bits per heavy atom. The molecule has 0 amide bonds. The third-order valence-electron chi connectivity index (χ3n) is 2.94. The van der Waals surface area contributed by atoms with Crippen molar-refractivity contribution in [3.05, 3.63) is 35.4 Å². The topological polar surface area (TPSA) is 15.6 Å². The highest BCUT2D eigenvalue weighted by molar-refractivity contribution is 8.14. The van der Waals surface area contributed by atoms with E-state index < -0.39 is 0 Å². The lowest BCUT2D eigenvalue weighted by molar-refractivity contribution is 0.476. The minimum Gasteiger partial charge on any atom is -0.348 e. The molecule has 1 aromatic rings. The minimum absolute atomic E-state index is 0.587. The molecule has 1 unspecified atom stereocenters. The van der Waals surface area contributed by atoms with E-state index in [0.717, 1.165) is 19.6 Å². The lowest BCUT2D eigenvalue weighted by Crippen LogP contribution is -2.21. The number of nitrogens with zero attached hydrogens (tertiary/aromatic N) is 2. The predicted molar refractivity (Wildman–Crippen MR) is 65.4 cm³/mol. The molecule has 0 saturated carbocycles. The summed E-state index contributed by atoms with van der Waals surface area (Å²) in [7, 11) is 0. The molecule has 1 atom stereocenters. The second-order valence-electron chi connectivity index (χ2n) is 4.13. The Morgan fingerprint density at radius 1 is 1.47 bits per heavy atom. The highest BCUT2D eigenvalue weighted by Gasteiger charge is 2.31. The van der Waals surface area contributed by atoms with Gasteiger partial charge in [0.25, 0.3) is 0 Å². The van der Waals surface area contributed by atoms with Gasteiger partial charge in [0, 0.05) is 13.1 Å². The summed E-state index contributed by atoms with van der Waals surface area (Å²) in [6.07, 6.45) is 0. The Hall–Kier alpha value is -0.960. The summed E-state index contributed by atoms with van der Waals surface area (Å²) in [5, 5.41) is 1.84. The van der Waals surface area contributed by atoms with Crippen molar-refractivity contribution in [1.29, 1.82) is 0 Å². The number of fused-ring (bicyclic) bond motifs is 1. The molecule has 15 heavy (non-hydrogen) atoms. The van der Waals surface area contributed by atoms with Gasteiger partial charge in [-0.25, -0.2) is 0 Å². The largest absolute Gasteiger partial charge is 0.348 e. The van der Waals surface area contributed by atoms with Crippen LogP contribution in [0.25, 0.3) is 0 Å². The van der Waals surface area contributed by atoms with Crippen LogP contribution < -0.4 is 0 Å². The van der Waals surface area contributed by atoms with Gasteiger partial charge < -0.3 is 4.90 Å². The molecule has 0 bridgehead atoms. The van der Waals surface area contributed by atoms with E-state index in [1.165, 1.54) is 16.3 Å². The number of benzene rings is 1. The molecule has 2 aliphatic rings. The third-order valence-corrected chi connectivity index (χ3v) is 4.24. The van der Waals surface area contributed by atoms with Gasteiger partial charge in [0.1, 0.15) is 0 Å². The zero-order valence-corrected chi connectivity index (χ0v) is 9.63. The number of hydrogen-bond donors (Lipinski definition) is 0. The zero-order chi connectivity index (χ0) is 10.3. The van der Waals surface area contributed by atoms with Crippen LogP contribution in [0.2, 0.25) is 0 Å². The molecule has 2 nitrogen and oxygen atoms in total. The second-order valence-corrected chi connectivity index (χ2v) is 5.30. The maximum absolute atomic E-state index is 4.50. The highest BCUT2D eigenvalue weighted by Crippen LogP contribution is 2.39. The number of amidine groups is 1. The fraction of sp³-hybridized carbons (Fsp3) is 0.417. The quantitative estimate of drug-likeness (QED) is 0.719. The van der Waals surface area contributed by atoms with Crippen molar-refractivity contribution in [1.82, 2.24) is 4.90 Å². The molecule has 0 aliphatic carbocycles. The van der Waals surface area contributed by atoms with Crippen LogP contribution in [0.3, 0.4) is 0 Å². The van der Waals surface area contributed by atoms with Crippen LogP contribution in [0, 0.1) is 6.92 Å². The summed E-state index contributed by atoms with van der Waals surface area (Å²) in [4.78, 5) is 6.90. The van der Waals surface area contributed by atoms with Gasteiger partial charge in [-0.1, -0.05) is 41.6 Å². The predicted octanol–water partition coefficient (Wildman–Crippen LogP) is 2.45. The monoisotopic (exact) mass is 218 g/mol. The summed E-state index contributed by atoms with van der Waals surface area (Å²) >= 11 is 1.92. The average molecular weight is 218 g/mol. The molecule has 0 spiro atoms. The Labute approximate surface area is 94.4 Å². The fourth-order valence-corrected chi connectivity index (χ4v) is 3.42. The smallest absolute Gasteiger partial charge is 0.160 e. The highest BCUT2D eigenvalue weighted by atomic mass is 32.2. The molecule has 2 heterocycles. The van der Waals surface area contributed by atoms with Gasteiger partial charge in [0.15, 0.2) is 5.17 Å². The summed E-state index contributed by atoms with van der Waals surface area (Å²) in [6, 6.07) is 8.83. The van der Waals surface area contributed by atoms with Crippen molar-refractivity contribution in [2.75, 3.05) is 19.6 Å². The molecular weight excluding hydrogens is 204 g/mol. The number of aliphatic imine (C=N–C) groups is 1. The first-order valence-electron chi connectivity index (χ1n) is 5.35. The Bertz CT molecular complexity index is 414. The first-order valence-corrected chi connectivity index (χ1v) is 6.23. The number of aryl methyl sites for hydroxylation is 1. The van der Waals surface area contributed by atoms with Crippen LogP contribution in [0.4, 0.5) is 0 Å². The average Bonchev–Trinajstić information content (AvgIpc) is 2.76. The van der Waals surface area contributed by atoms with Crippen molar-refractivity contribution in [3.63, 3.8) is 0 Å². The van der Waals surface area contributed by atoms with E-state index >= 15 is 0 Å². The molecular formula is C12H14N2S. The second kappa shape index (κ2) is 3.56. The van der Waals surface area contributed by atoms with Crippen LogP contribution in [0.15, 0.2) is 29.3 Å². The number of hydrogen-bond acceptors (Lipinski definition) is 3. The summed E-state index contributed by atoms with van der Waals surface area (Å²) in [6.45, 7) is 5.39. The van der Waals surface area contributed by atoms with Gasteiger partial charge in [-0.15, -0.1) is 0 Å². The lowest BCUT2D eigenvalue weighted by Gasteiger charge is -2.12. The van der Waals surface area contributed by atoms with Crippen LogP contribution in [-0.2, 0) is 0 Å². The SMILES string of the molecule is Cc1cccc(C2CN3CCN=C3S2)c1. The first kappa shape index (κ1) is 9.28. The summed E-state index contributed by atoms with van der Waals surface area (Å²) in [5.41, 5.74) is 2.79. The molecule has 1 fully saturated rings. The van der Waals surface area contributed by atoms with E-state index in [9.17, 15) is 0 Å². The number of rotatable bonds is 1. The fourth-order valence-electron chi connectivity index (χ4n) is 2.15. The molecule has 0 radical (unpaired) electrons. The van der Waals surface area contributed by atoms with E-state index in [1.807, 2.05) is 11.8 Å². The summed E-state index contributed by atoms with van der Waals surface area (Å²) in [5.74, 6) is 0. The van der Waals surface area contributed by atoms with Crippen LogP contribution in [0.1, 0.15) is 16.4 Å². The van der Waals surface area contributed by atoms with E-state index in [4.69, 9.17) is 0 Å². The maximum atomic E-state index is 4.50. The van der Waals surface area contributed by atoms with Crippen molar-refractivity contribution >= 4 is 16.9 Å². The molecule has 78 valence electrons. The van der Waals surface area contributed by atoms with E-state index in [-0.39, 0.29) is 0 Å². The third kappa shape index (κ3) is 1.65. The molecule has 0 aromatic heterocycles. The van der Waals surface area contributed by atoms with Gasteiger partial charge in [-0.3, -0.25) is 4.99 Å². The van der Waals surface area contributed by atoms with E-state index in [2.05, 4.69) is 41.1 Å². The van der Waals surface area contributed by atoms with Gasteiger partial charge in [-0.05, 0) is 12.5 Å². The minimum atomic E-state index is 0.587. The Morgan fingerprint density at radius 3 is 3.20 bits per heavy atom. The van der Waals surface area contributed by atoms with Gasteiger partial charge in [0.2, 0.25) is 0 Å². The molecule has 1 saturated heterocycles. The van der Waals surface area contributed by atoms with E-state index in [0.29, 0.717) is 5.25 Å². The molecule has 2 aliphatic heterocycles.